The van der Waals surface area contributed by atoms with E-state index in [-0.39, 0.29) is 17.0 Å². The van der Waals surface area contributed by atoms with Crippen LogP contribution < -0.4 is 5.46 Å². The van der Waals surface area contributed by atoms with Crippen LogP contribution in [0.15, 0.2) is 18.2 Å². The summed E-state index contributed by atoms with van der Waals surface area (Å²) >= 11 is 0. The van der Waals surface area contributed by atoms with Crippen molar-refractivity contribution in [2.75, 3.05) is 0 Å². The van der Waals surface area contributed by atoms with Crippen LogP contribution in [0, 0.1) is 5.82 Å². The van der Waals surface area contributed by atoms with Crippen LogP contribution in [0.2, 0.25) is 0 Å². The van der Waals surface area contributed by atoms with E-state index >= 15 is 0 Å². The Labute approximate surface area is 114 Å². The van der Waals surface area contributed by atoms with Crippen LogP contribution >= 0.6 is 0 Å². The topological polar surface area (TPSA) is 18.5 Å². The maximum atomic E-state index is 14.1. The molecule has 0 unspecified atom stereocenters. The van der Waals surface area contributed by atoms with Crippen molar-refractivity contribution in [3.8, 4) is 0 Å². The number of benzene rings is 1. The second-order valence-corrected chi connectivity index (χ2v) is 6.64. The van der Waals surface area contributed by atoms with Crippen LogP contribution in [-0.2, 0) is 9.31 Å². The van der Waals surface area contributed by atoms with Gasteiger partial charge in [0.15, 0.2) is 0 Å². The van der Waals surface area contributed by atoms with Gasteiger partial charge in [0.2, 0.25) is 0 Å². The zero-order chi connectivity index (χ0) is 13.8. The maximum absolute atomic E-state index is 14.1. The molecule has 0 radical (unpaired) electrons. The van der Waals surface area contributed by atoms with Crippen LogP contribution in [0.3, 0.4) is 0 Å². The van der Waals surface area contributed by atoms with Crippen LogP contribution in [0.25, 0.3) is 0 Å². The van der Waals surface area contributed by atoms with Gasteiger partial charge in [-0.15, -0.1) is 0 Å². The molecule has 4 heteroatoms. The van der Waals surface area contributed by atoms with Crippen LogP contribution in [0.4, 0.5) is 4.39 Å². The number of hydrogen-bond donors (Lipinski definition) is 0. The van der Waals surface area contributed by atoms with Crippen LogP contribution in [0.1, 0.15) is 52.0 Å². The fraction of sp³-hybridized carbons (Fsp3) is 0.600. The van der Waals surface area contributed by atoms with E-state index in [0.29, 0.717) is 5.92 Å². The van der Waals surface area contributed by atoms with Gasteiger partial charge in [-0.05, 0) is 63.5 Å². The zero-order valence-electron chi connectivity index (χ0n) is 12.0. The number of rotatable bonds is 2. The van der Waals surface area contributed by atoms with Crippen molar-refractivity contribution in [3.05, 3.63) is 29.6 Å². The van der Waals surface area contributed by atoms with Gasteiger partial charge in [-0.25, -0.2) is 4.39 Å². The van der Waals surface area contributed by atoms with Gasteiger partial charge in [-0.1, -0.05) is 12.1 Å². The summed E-state index contributed by atoms with van der Waals surface area (Å²) in [5.74, 6) is 0.294. The van der Waals surface area contributed by atoms with Crippen LogP contribution in [-0.4, -0.2) is 18.3 Å². The first-order valence-electron chi connectivity index (χ1n) is 6.95. The fourth-order valence-corrected chi connectivity index (χ4v) is 2.39. The van der Waals surface area contributed by atoms with Crippen molar-refractivity contribution in [1.82, 2.24) is 0 Å². The quantitative estimate of drug-likeness (QED) is 0.763. The van der Waals surface area contributed by atoms with E-state index in [1.54, 1.807) is 6.07 Å². The molecular weight excluding hydrogens is 242 g/mol. The summed E-state index contributed by atoms with van der Waals surface area (Å²) in [6, 6.07) is 5.38. The molecule has 1 aliphatic heterocycles. The Morgan fingerprint density at radius 1 is 1.11 bits per heavy atom. The average Bonchev–Trinajstić information content (AvgIpc) is 3.07. The highest BCUT2D eigenvalue weighted by molar-refractivity contribution is 6.62. The van der Waals surface area contributed by atoms with E-state index in [0.717, 1.165) is 23.9 Å². The number of halogens is 1. The van der Waals surface area contributed by atoms with E-state index in [9.17, 15) is 4.39 Å². The Morgan fingerprint density at radius 3 is 2.16 bits per heavy atom. The molecule has 1 aliphatic carbocycles. The van der Waals surface area contributed by atoms with Crippen molar-refractivity contribution in [2.45, 2.75) is 57.7 Å². The molecule has 1 heterocycles. The Bertz CT molecular complexity index is 493. The molecule has 0 spiro atoms. The zero-order valence-corrected chi connectivity index (χ0v) is 12.0. The summed E-state index contributed by atoms with van der Waals surface area (Å²) in [6.45, 7) is 8.01. The summed E-state index contributed by atoms with van der Waals surface area (Å²) in [5, 5.41) is 0. The van der Waals surface area contributed by atoms with Crippen molar-refractivity contribution in [2.24, 2.45) is 0 Å². The molecule has 2 nitrogen and oxygen atoms in total. The minimum Gasteiger partial charge on any atom is -0.399 e. The van der Waals surface area contributed by atoms with Gasteiger partial charge < -0.3 is 9.31 Å². The Hall–Kier alpha value is -0.865. The monoisotopic (exact) mass is 262 g/mol. The summed E-state index contributed by atoms with van der Waals surface area (Å²) in [6.07, 6.45) is 2.21. The van der Waals surface area contributed by atoms with Crippen molar-refractivity contribution in [1.29, 1.82) is 0 Å². The predicted molar refractivity (Wildman–Crippen MR) is 74.1 cm³/mol. The molecule has 1 saturated carbocycles. The first kappa shape index (κ1) is 13.1. The molecule has 0 atom stereocenters. The highest BCUT2D eigenvalue weighted by atomic mass is 19.1. The van der Waals surface area contributed by atoms with Gasteiger partial charge in [-0.3, -0.25) is 0 Å². The molecule has 1 saturated heterocycles. The van der Waals surface area contributed by atoms with Gasteiger partial charge >= 0.3 is 7.12 Å². The van der Waals surface area contributed by atoms with Gasteiger partial charge in [-0.2, -0.15) is 0 Å². The molecule has 2 fully saturated rings. The molecule has 0 aromatic heterocycles. The predicted octanol–water partition coefficient (Wildman–Crippen LogP) is 3.00. The summed E-state index contributed by atoms with van der Waals surface area (Å²) in [4.78, 5) is 0. The fourth-order valence-electron chi connectivity index (χ4n) is 2.39. The van der Waals surface area contributed by atoms with Gasteiger partial charge in [0.1, 0.15) is 5.82 Å². The normalized spacial score (nSPS) is 24.8. The second-order valence-electron chi connectivity index (χ2n) is 6.64. The molecule has 3 rings (SSSR count). The third-order valence-corrected chi connectivity index (χ3v) is 4.57. The average molecular weight is 262 g/mol. The third kappa shape index (κ3) is 2.21. The van der Waals surface area contributed by atoms with E-state index < -0.39 is 7.12 Å². The molecule has 1 aromatic carbocycles. The SMILES string of the molecule is CC1(C)OB(c2ccc(C3CC3)c(F)c2)OC1(C)C. The third-order valence-electron chi connectivity index (χ3n) is 4.57. The lowest BCUT2D eigenvalue weighted by Gasteiger charge is -2.32. The minimum absolute atomic E-state index is 0.130. The standard InChI is InChI=1S/C15H20BFO2/c1-14(2)15(3,4)19-16(18-14)11-7-8-12(10-5-6-10)13(17)9-11/h7-10H,5-6H2,1-4H3. The molecule has 2 aliphatic rings. The van der Waals surface area contributed by atoms with E-state index in [2.05, 4.69) is 0 Å². The first-order chi connectivity index (χ1) is 8.80. The molecule has 19 heavy (non-hydrogen) atoms. The Balaban J connectivity index is 1.86. The van der Waals surface area contributed by atoms with E-state index in [1.165, 1.54) is 0 Å². The molecular formula is C15H20BFO2. The molecule has 0 amide bonds. The van der Waals surface area contributed by atoms with Crippen molar-refractivity contribution < 1.29 is 13.7 Å². The lowest BCUT2D eigenvalue weighted by atomic mass is 9.78. The van der Waals surface area contributed by atoms with Gasteiger partial charge in [0, 0.05) is 0 Å². The first-order valence-corrected chi connectivity index (χ1v) is 6.95. The largest absolute Gasteiger partial charge is 0.494 e. The maximum Gasteiger partial charge on any atom is 0.494 e. The summed E-state index contributed by atoms with van der Waals surface area (Å²) in [7, 11) is -0.479. The molecule has 1 aromatic rings. The summed E-state index contributed by atoms with van der Waals surface area (Å²) < 4.78 is 25.9. The Kier molecular flexibility index (Phi) is 2.81. The van der Waals surface area contributed by atoms with Crippen molar-refractivity contribution >= 4 is 12.6 Å². The summed E-state index contributed by atoms with van der Waals surface area (Å²) in [5.41, 5.74) is 0.827. The lowest BCUT2D eigenvalue weighted by Crippen LogP contribution is -2.41. The smallest absolute Gasteiger partial charge is 0.399 e. The van der Waals surface area contributed by atoms with Crippen molar-refractivity contribution in [3.63, 3.8) is 0 Å². The van der Waals surface area contributed by atoms with E-state index in [4.69, 9.17) is 9.31 Å². The van der Waals surface area contributed by atoms with Gasteiger partial charge in [0.05, 0.1) is 11.2 Å². The molecule has 102 valence electrons. The Morgan fingerprint density at radius 2 is 1.68 bits per heavy atom. The number of hydrogen-bond acceptors (Lipinski definition) is 2. The van der Waals surface area contributed by atoms with Gasteiger partial charge in [0.25, 0.3) is 0 Å². The minimum atomic E-state index is -0.479. The lowest BCUT2D eigenvalue weighted by molar-refractivity contribution is 0.00578. The highest BCUT2D eigenvalue weighted by Gasteiger charge is 2.51. The second kappa shape index (κ2) is 4.06. The van der Waals surface area contributed by atoms with Crippen LogP contribution in [0.5, 0.6) is 0 Å². The van der Waals surface area contributed by atoms with E-state index in [1.807, 2.05) is 39.8 Å². The highest BCUT2D eigenvalue weighted by Crippen LogP contribution is 2.41. The molecule has 0 N–H and O–H groups in total. The molecule has 0 bridgehead atoms.